The Morgan fingerprint density at radius 1 is 1.10 bits per heavy atom. The largest absolute Gasteiger partial charge is 0.310 e. The first kappa shape index (κ1) is 15.0. The Morgan fingerprint density at radius 2 is 1.85 bits per heavy atom. The van der Waals surface area contributed by atoms with Crippen LogP contribution in [0, 0.1) is 12.7 Å². The molecular formula is C17H19ClFN. The fraction of sp³-hybridized carbons (Fsp3) is 0.294. The first-order valence-corrected chi connectivity index (χ1v) is 7.13. The van der Waals surface area contributed by atoms with Gasteiger partial charge in [-0.2, -0.15) is 0 Å². The van der Waals surface area contributed by atoms with Crippen LogP contribution in [0.3, 0.4) is 0 Å². The zero-order valence-electron chi connectivity index (χ0n) is 12.0. The number of aryl methyl sites for hydroxylation is 1. The zero-order valence-corrected chi connectivity index (χ0v) is 12.8. The van der Waals surface area contributed by atoms with Gasteiger partial charge in [-0.1, -0.05) is 43.1 Å². The van der Waals surface area contributed by atoms with Crippen LogP contribution in [0.25, 0.3) is 11.1 Å². The molecule has 2 aromatic rings. The number of halogens is 2. The Morgan fingerprint density at radius 3 is 2.55 bits per heavy atom. The molecular weight excluding hydrogens is 273 g/mol. The Labute approximate surface area is 124 Å². The van der Waals surface area contributed by atoms with Crippen LogP contribution in [-0.4, -0.2) is 6.04 Å². The third kappa shape index (κ3) is 3.59. The maximum absolute atomic E-state index is 14.1. The minimum atomic E-state index is -0.219. The zero-order chi connectivity index (χ0) is 14.7. The summed E-state index contributed by atoms with van der Waals surface area (Å²) < 4.78 is 14.1. The molecule has 3 heteroatoms. The normalized spacial score (nSPS) is 11.1. The second-order valence-electron chi connectivity index (χ2n) is 5.32. The minimum Gasteiger partial charge on any atom is -0.310 e. The molecule has 20 heavy (non-hydrogen) atoms. The molecule has 0 bridgehead atoms. The Bertz CT molecular complexity index is 608. The van der Waals surface area contributed by atoms with Gasteiger partial charge in [0, 0.05) is 23.2 Å². The van der Waals surface area contributed by atoms with Gasteiger partial charge < -0.3 is 5.32 Å². The highest BCUT2D eigenvalue weighted by atomic mass is 35.5. The van der Waals surface area contributed by atoms with E-state index >= 15 is 0 Å². The number of rotatable bonds is 4. The Hall–Kier alpha value is -1.38. The molecule has 0 unspecified atom stereocenters. The molecule has 0 spiro atoms. The van der Waals surface area contributed by atoms with E-state index in [0.29, 0.717) is 23.2 Å². The van der Waals surface area contributed by atoms with E-state index in [1.165, 1.54) is 6.07 Å². The standard InChI is InChI=1S/C17H19ClFN/c1-11(2)20-10-13-5-6-14(18)9-15(13)16-8-12(3)4-7-17(16)19/h4-9,11,20H,10H2,1-3H3. The predicted molar refractivity (Wildman–Crippen MR) is 83.6 cm³/mol. The summed E-state index contributed by atoms with van der Waals surface area (Å²) in [6, 6.07) is 11.1. The molecule has 1 nitrogen and oxygen atoms in total. The molecule has 106 valence electrons. The molecule has 0 aliphatic heterocycles. The number of hydrogen-bond acceptors (Lipinski definition) is 1. The lowest BCUT2D eigenvalue weighted by atomic mass is 9.97. The Kier molecular flexibility index (Phi) is 4.79. The SMILES string of the molecule is Cc1ccc(F)c(-c2cc(Cl)ccc2CNC(C)C)c1. The van der Waals surface area contributed by atoms with Crippen LogP contribution in [0.4, 0.5) is 4.39 Å². The van der Waals surface area contributed by atoms with E-state index in [0.717, 1.165) is 16.7 Å². The molecule has 0 aliphatic carbocycles. The van der Waals surface area contributed by atoms with Crippen LogP contribution in [0.15, 0.2) is 36.4 Å². The third-order valence-corrected chi connectivity index (χ3v) is 3.42. The third-order valence-electron chi connectivity index (χ3n) is 3.18. The lowest BCUT2D eigenvalue weighted by Crippen LogP contribution is -2.22. The van der Waals surface area contributed by atoms with Gasteiger partial charge in [0.25, 0.3) is 0 Å². The van der Waals surface area contributed by atoms with Gasteiger partial charge in [0.1, 0.15) is 5.82 Å². The van der Waals surface area contributed by atoms with Crippen molar-refractivity contribution in [3.05, 3.63) is 58.4 Å². The van der Waals surface area contributed by atoms with Crippen molar-refractivity contribution in [3.63, 3.8) is 0 Å². The summed E-state index contributed by atoms with van der Waals surface area (Å²) in [7, 11) is 0. The van der Waals surface area contributed by atoms with Crippen molar-refractivity contribution in [2.75, 3.05) is 0 Å². The van der Waals surface area contributed by atoms with Crippen molar-refractivity contribution in [1.29, 1.82) is 0 Å². The molecule has 0 saturated carbocycles. The Balaban J connectivity index is 2.48. The minimum absolute atomic E-state index is 0.219. The predicted octanol–water partition coefficient (Wildman–Crippen LogP) is 4.95. The van der Waals surface area contributed by atoms with E-state index in [9.17, 15) is 4.39 Å². The van der Waals surface area contributed by atoms with Crippen LogP contribution in [-0.2, 0) is 6.54 Å². The summed E-state index contributed by atoms with van der Waals surface area (Å²) in [6.45, 7) is 6.82. The van der Waals surface area contributed by atoms with Crippen molar-refractivity contribution in [2.24, 2.45) is 0 Å². The molecule has 1 N–H and O–H groups in total. The monoisotopic (exact) mass is 291 g/mol. The van der Waals surface area contributed by atoms with Gasteiger partial charge in [-0.25, -0.2) is 4.39 Å². The van der Waals surface area contributed by atoms with Gasteiger partial charge in [0.2, 0.25) is 0 Å². The summed E-state index contributed by atoms with van der Waals surface area (Å²) in [5.74, 6) is -0.219. The molecule has 0 atom stereocenters. The summed E-state index contributed by atoms with van der Waals surface area (Å²) in [5.41, 5.74) is 3.54. The quantitative estimate of drug-likeness (QED) is 0.840. The highest BCUT2D eigenvalue weighted by Crippen LogP contribution is 2.30. The maximum atomic E-state index is 14.1. The van der Waals surface area contributed by atoms with Gasteiger partial charge in [0.15, 0.2) is 0 Å². The summed E-state index contributed by atoms with van der Waals surface area (Å²) in [6.07, 6.45) is 0. The van der Waals surface area contributed by atoms with Gasteiger partial charge >= 0.3 is 0 Å². The van der Waals surface area contributed by atoms with Crippen molar-refractivity contribution in [3.8, 4) is 11.1 Å². The number of benzene rings is 2. The highest BCUT2D eigenvalue weighted by molar-refractivity contribution is 6.30. The van der Waals surface area contributed by atoms with Crippen LogP contribution in [0.5, 0.6) is 0 Å². The van der Waals surface area contributed by atoms with E-state index < -0.39 is 0 Å². The lowest BCUT2D eigenvalue weighted by molar-refractivity contribution is 0.589. The van der Waals surface area contributed by atoms with Crippen LogP contribution >= 0.6 is 11.6 Å². The van der Waals surface area contributed by atoms with Crippen LogP contribution < -0.4 is 5.32 Å². The van der Waals surface area contributed by atoms with E-state index in [1.54, 1.807) is 6.07 Å². The fourth-order valence-corrected chi connectivity index (χ4v) is 2.29. The van der Waals surface area contributed by atoms with Gasteiger partial charge in [-0.3, -0.25) is 0 Å². The van der Waals surface area contributed by atoms with Crippen molar-refractivity contribution in [2.45, 2.75) is 33.4 Å². The first-order valence-electron chi connectivity index (χ1n) is 6.75. The number of hydrogen-bond donors (Lipinski definition) is 1. The fourth-order valence-electron chi connectivity index (χ4n) is 2.11. The van der Waals surface area contributed by atoms with Crippen LogP contribution in [0.1, 0.15) is 25.0 Å². The second-order valence-corrected chi connectivity index (χ2v) is 5.76. The topological polar surface area (TPSA) is 12.0 Å². The summed E-state index contributed by atoms with van der Waals surface area (Å²) in [5, 5.41) is 3.98. The first-order chi connectivity index (χ1) is 9.47. The van der Waals surface area contributed by atoms with Gasteiger partial charge in [0.05, 0.1) is 0 Å². The van der Waals surface area contributed by atoms with E-state index in [-0.39, 0.29) is 5.82 Å². The molecule has 0 radical (unpaired) electrons. The maximum Gasteiger partial charge on any atom is 0.131 e. The summed E-state index contributed by atoms with van der Waals surface area (Å²) in [4.78, 5) is 0. The van der Waals surface area contributed by atoms with E-state index in [1.807, 2.05) is 31.2 Å². The summed E-state index contributed by atoms with van der Waals surface area (Å²) >= 11 is 6.08. The highest BCUT2D eigenvalue weighted by Gasteiger charge is 2.11. The molecule has 0 aliphatic rings. The van der Waals surface area contributed by atoms with Crippen molar-refractivity contribution >= 4 is 11.6 Å². The average Bonchev–Trinajstić information content (AvgIpc) is 2.40. The molecule has 0 heterocycles. The van der Waals surface area contributed by atoms with E-state index in [4.69, 9.17) is 11.6 Å². The molecule has 2 rings (SSSR count). The second kappa shape index (κ2) is 6.38. The molecule has 0 saturated heterocycles. The average molecular weight is 292 g/mol. The van der Waals surface area contributed by atoms with Crippen molar-refractivity contribution in [1.82, 2.24) is 5.32 Å². The molecule has 2 aromatic carbocycles. The van der Waals surface area contributed by atoms with Gasteiger partial charge in [-0.15, -0.1) is 0 Å². The van der Waals surface area contributed by atoms with Gasteiger partial charge in [-0.05, 0) is 42.3 Å². The van der Waals surface area contributed by atoms with Crippen LogP contribution in [0.2, 0.25) is 5.02 Å². The van der Waals surface area contributed by atoms with Crippen molar-refractivity contribution < 1.29 is 4.39 Å². The molecule has 0 amide bonds. The number of nitrogens with one attached hydrogen (secondary N) is 1. The molecule has 0 aromatic heterocycles. The van der Waals surface area contributed by atoms with E-state index in [2.05, 4.69) is 19.2 Å². The molecule has 0 fully saturated rings. The smallest absolute Gasteiger partial charge is 0.131 e. The lowest BCUT2D eigenvalue weighted by Gasteiger charge is -2.14.